The summed E-state index contributed by atoms with van der Waals surface area (Å²) in [4.78, 5) is 37.6. The van der Waals surface area contributed by atoms with E-state index in [2.05, 4.69) is 5.32 Å². The quantitative estimate of drug-likeness (QED) is 0.413. The first-order valence-corrected chi connectivity index (χ1v) is 9.57. The van der Waals surface area contributed by atoms with Crippen molar-refractivity contribution < 1.29 is 33.3 Å². The van der Waals surface area contributed by atoms with E-state index in [4.69, 9.17) is 18.9 Å². The van der Waals surface area contributed by atoms with Crippen LogP contribution in [0.25, 0.3) is 0 Å². The van der Waals surface area contributed by atoms with Gasteiger partial charge in [-0.3, -0.25) is 4.90 Å². The van der Waals surface area contributed by atoms with Crippen LogP contribution >= 0.6 is 0 Å². The van der Waals surface area contributed by atoms with Gasteiger partial charge in [-0.15, -0.1) is 0 Å². The second-order valence-corrected chi connectivity index (χ2v) is 8.56. The highest BCUT2D eigenvalue weighted by Gasteiger charge is 2.42. The van der Waals surface area contributed by atoms with Crippen LogP contribution in [0, 0.1) is 0 Å². The molecule has 0 aromatic rings. The van der Waals surface area contributed by atoms with Crippen molar-refractivity contribution in [3.05, 3.63) is 0 Å². The van der Waals surface area contributed by atoms with Crippen molar-refractivity contribution in [2.75, 3.05) is 26.3 Å². The molecule has 1 saturated heterocycles. The summed E-state index contributed by atoms with van der Waals surface area (Å²) in [7, 11) is 0. The van der Waals surface area contributed by atoms with E-state index in [1.54, 1.807) is 48.5 Å². The van der Waals surface area contributed by atoms with Gasteiger partial charge in [0.25, 0.3) is 0 Å². The third-order valence-electron chi connectivity index (χ3n) is 3.57. The van der Waals surface area contributed by atoms with Crippen LogP contribution in [0.1, 0.15) is 54.9 Å². The summed E-state index contributed by atoms with van der Waals surface area (Å²) in [6.07, 6.45) is -1.15. The zero-order valence-corrected chi connectivity index (χ0v) is 18.0. The summed E-state index contributed by atoms with van der Waals surface area (Å²) in [5.74, 6) is -0.480. The molecule has 9 nitrogen and oxygen atoms in total. The normalized spacial score (nSPS) is 19.9. The van der Waals surface area contributed by atoms with E-state index in [1.165, 1.54) is 4.90 Å². The molecule has 2 amide bonds. The maximum atomic E-state index is 12.4. The molecule has 1 fully saturated rings. The Kier molecular flexibility index (Phi) is 8.53. The van der Waals surface area contributed by atoms with Crippen LogP contribution in [0.5, 0.6) is 0 Å². The van der Waals surface area contributed by atoms with Gasteiger partial charge in [0, 0.05) is 13.0 Å². The van der Waals surface area contributed by atoms with E-state index in [9.17, 15) is 14.4 Å². The average Bonchev–Trinajstić information content (AvgIpc) is 2.93. The molecule has 9 heteroatoms. The van der Waals surface area contributed by atoms with E-state index >= 15 is 0 Å². The second kappa shape index (κ2) is 9.95. The monoisotopic (exact) mass is 402 g/mol. The SMILES string of the molecule is CCOC(=O)[C@@H]1C[C@@H](OCCNC(=O)OC(C)(C)C)CN1C(=O)OC(C)(C)C. The fraction of sp³-hybridized carbons (Fsp3) is 0.842. The predicted octanol–water partition coefficient (Wildman–Crippen LogP) is 2.47. The third-order valence-corrected chi connectivity index (χ3v) is 3.57. The van der Waals surface area contributed by atoms with Gasteiger partial charge < -0.3 is 24.3 Å². The van der Waals surface area contributed by atoms with Gasteiger partial charge in [-0.25, -0.2) is 14.4 Å². The van der Waals surface area contributed by atoms with E-state index in [0.717, 1.165) is 0 Å². The smallest absolute Gasteiger partial charge is 0.411 e. The number of nitrogens with zero attached hydrogens (tertiary/aromatic N) is 1. The van der Waals surface area contributed by atoms with Gasteiger partial charge in [-0.1, -0.05) is 0 Å². The highest BCUT2D eigenvalue weighted by atomic mass is 16.6. The first-order chi connectivity index (χ1) is 12.8. The number of carbonyl (C=O) groups is 3. The lowest BCUT2D eigenvalue weighted by atomic mass is 10.2. The van der Waals surface area contributed by atoms with E-state index < -0.39 is 35.4 Å². The summed E-state index contributed by atoms with van der Waals surface area (Å²) in [6.45, 7) is 13.2. The molecule has 162 valence electrons. The van der Waals surface area contributed by atoms with Gasteiger partial charge in [-0.05, 0) is 48.5 Å². The number of likely N-dealkylation sites (tertiary alicyclic amines) is 1. The van der Waals surface area contributed by atoms with Crippen molar-refractivity contribution in [2.45, 2.75) is 78.2 Å². The van der Waals surface area contributed by atoms with Crippen LogP contribution in [-0.2, 0) is 23.7 Å². The van der Waals surface area contributed by atoms with Gasteiger partial charge in [0.05, 0.1) is 25.9 Å². The number of amides is 2. The molecule has 1 heterocycles. The number of hydrogen-bond acceptors (Lipinski definition) is 7. The third kappa shape index (κ3) is 8.77. The van der Waals surface area contributed by atoms with Crippen molar-refractivity contribution in [3.8, 4) is 0 Å². The predicted molar refractivity (Wildman–Crippen MR) is 102 cm³/mol. The summed E-state index contributed by atoms with van der Waals surface area (Å²) in [6, 6.07) is -0.751. The molecule has 0 saturated carbocycles. The zero-order valence-electron chi connectivity index (χ0n) is 18.0. The highest BCUT2D eigenvalue weighted by molar-refractivity contribution is 5.82. The van der Waals surface area contributed by atoms with Crippen LogP contribution in [-0.4, -0.2) is 72.7 Å². The Balaban J connectivity index is 2.56. The van der Waals surface area contributed by atoms with Crippen molar-refractivity contribution in [2.24, 2.45) is 0 Å². The fourth-order valence-electron chi connectivity index (χ4n) is 2.60. The van der Waals surface area contributed by atoms with Crippen molar-refractivity contribution >= 4 is 18.2 Å². The Bertz CT molecular complexity index is 551. The number of alkyl carbamates (subject to hydrolysis) is 1. The molecular weight excluding hydrogens is 368 g/mol. The fourth-order valence-corrected chi connectivity index (χ4v) is 2.60. The average molecular weight is 402 g/mol. The van der Waals surface area contributed by atoms with Crippen LogP contribution in [0.2, 0.25) is 0 Å². The van der Waals surface area contributed by atoms with Gasteiger partial charge in [-0.2, -0.15) is 0 Å². The molecule has 0 bridgehead atoms. The molecule has 28 heavy (non-hydrogen) atoms. The van der Waals surface area contributed by atoms with Gasteiger partial charge in [0.15, 0.2) is 0 Å². The Labute approximate surface area is 167 Å². The van der Waals surface area contributed by atoms with E-state index in [1.807, 2.05) is 0 Å². The number of nitrogens with one attached hydrogen (secondary N) is 1. The lowest BCUT2D eigenvalue weighted by molar-refractivity contribution is -0.148. The summed E-state index contributed by atoms with van der Waals surface area (Å²) >= 11 is 0. The van der Waals surface area contributed by atoms with Gasteiger partial charge in [0.1, 0.15) is 17.2 Å². The number of carbonyl (C=O) groups excluding carboxylic acids is 3. The zero-order chi connectivity index (χ0) is 21.5. The molecule has 0 unspecified atom stereocenters. The minimum absolute atomic E-state index is 0.213. The minimum Gasteiger partial charge on any atom is -0.464 e. The molecule has 0 aliphatic carbocycles. The molecule has 1 rings (SSSR count). The van der Waals surface area contributed by atoms with Gasteiger partial charge in [0.2, 0.25) is 0 Å². The van der Waals surface area contributed by atoms with Crippen LogP contribution in [0.3, 0.4) is 0 Å². The Morgan fingerprint density at radius 3 is 2.18 bits per heavy atom. The molecule has 1 N–H and O–H groups in total. The van der Waals surface area contributed by atoms with Crippen molar-refractivity contribution in [1.29, 1.82) is 0 Å². The molecule has 1 aliphatic heterocycles. The number of rotatable bonds is 6. The second-order valence-electron chi connectivity index (χ2n) is 8.56. The topological polar surface area (TPSA) is 103 Å². The van der Waals surface area contributed by atoms with E-state index in [0.29, 0.717) is 6.42 Å². The lowest BCUT2D eigenvalue weighted by Gasteiger charge is -2.27. The highest BCUT2D eigenvalue weighted by Crippen LogP contribution is 2.24. The van der Waals surface area contributed by atoms with Gasteiger partial charge >= 0.3 is 18.2 Å². The summed E-state index contributed by atoms with van der Waals surface area (Å²) < 4.78 is 21.3. The van der Waals surface area contributed by atoms with Crippen LogP contribution in [0.4, 0.5) is 9.59 Å². The first kappa shape index (κ1) is 24.0. The standard InChI is InChI=1S/C19H34N2O7/c1-8-25-15(22)14-11-13(12-21(14)17(24)28-19(5,6)7)26-10-9-20-16(23)27-18(2,3)4/h13-14H,8-12H2,1-7H3,(H,20,23)/t13-,14+/m1/s1. The largest absolute Gasteiger partial charge is 0.464 e. The summed E-state index contributed by atoms with van der Waals surface area (Å²) in [5.41, 5.74) is -1.25. The molecule has 1 aliphatic rings. The first-order valence-electron chi connectivity index (χ1n) is 9.57. The molecule has 0 radical (unpaired) electrons. The minimum atomic E-state index is -0.751. The molecule has 0 spiro atoms. The number of ether oxygens (including phenoxy) is 4. The Hall–Kier alpha value is -2.03. The van der Waals surface area contributed by atoms with Crippen LogP contribution in [0.15, 0.2) is 0 Å². The lowest BCUT2D eigenvalue weighted by Crippen LogP contribution is -2.44. The number of hydrogen-bond donors (Lipinski definition) is 1. The maximum Gasteiger partial charge on any atom is 0.411 e. The van der Waals surface area contributed by atoms with Crippen LogP contribution < -0.4 is 5.32 Å². The summed E-state index contributed by atoms with van der Waals surface area (Å²) in [5, 5.41) is 2.60. The molecule has 2 atom stereocenters. The number of esters is 1. The Morgan fingerprint density at radius 1 is 1.04 bits per heavy atom. The maximum absolute atomic E-state index is 12.4. The van der Waals surface area contributed by atoms with Crippen molar-refractivity contribution in [3.63, 3.8) is 0 Å². The Morgan fingerprint density at radius 2 is 1.64 bits per heavy atom. The molecule has 0 aromatic heterocycles. The van der Waals surface area contributed by atoms with E-state index in [-0.39, 0.29) is 32.4 Å². The van der Waals surface area contributed by atoms with Crippen molar-refractivity contribution in [1.82, 2.24) is 10.2 Å². The molecule has 0 aromatic carbocycles. The molecular formula is C19H34N2O7.